The highest BCUT2D eigenvalue weighted by Crippen LogP contribution is 2.39. The summed E-state index contributed by atoms with van der Waals surface area (Å²) < 4.78 is 0. The minimum atomic E-state index is -1.30. The van der Waals surface area contributed by atoms with E-state index in [1.165, 1.54) is 6.42 Å². The second-order valence-corrected chi connectivity index (χ2v) is 10.1. The molecule has 0 radical (unpaired) electrons. The van der Waals surface area contributed by atoms with Gasteiger partial charge in [0.1, 0.15) is 0 Å². The van der Waals surface area contributed by atoms with Crippen LogP contribution in [0.5, 0.6) is 0 Å². The van der Waals surface area contributed by atoms with E-state index in [9.17, 15) is 29.1 Å². The predicted molar refractivity (Wildman–Crippen MR) is 113 cm³/mol. The third kappa shape index (κ3) is 11.4. The van der Waals surface area contributed by atoms with E-state index in [2.05, 4.69) is 5.32 Å². The van der Waals surface area contributed by atoms with Crippen molar-refractivity contribution >= 4 is 51.2 Å². The first-order valence-electron chi connectivity index (χ1n) is 9.95. The lowest BCUT2D eigenvalue weighted by Gasteiger charge is -2.19. The van der Waals surface area contributed by atoms with Crippen LogP contribution < -0.4 is 5.32 Å². The van der Waals surface area contributed by atoms with Gasteiger partial charge in [0.05, 0.1) is 12.0 Å². The van der Waals surface area contributed by atoms with E-state index >= 15 is 0 Å². The van der Waals surface area contributed by atoms with Crippen LogP contribution in [0, 0.1) is 5.92 Å². The van der Waals surface area contributed by atoms with E-state index in [0.717, 1.165) is 18.6 Å². The van der Waals surface area contributed by atoms with Gasteiger partial charge < -0.3 is 20.6 Å². The van der Waals surface area contributed by atoms with E-state index < -0.39 is 48.5 Å². The molecule has 0 aromatic carbocycles. The van der Waals surface area contributed by atoms with E-state index in [0.29, 0.717) is 11.7 Å². The first-order chi connectivity index (χ1) is 14.2. The third-order valence-electron chi connectivity index (χ3n) is 4.78. The van der Waals surface area contributed by atoms with Gasteiger partial charge in [-0.05, 0) is 32.1 Å². The molecule has 30 heavy (non-hydrogen) atoms. The van der Waals surface area contributed by atoms with Crippen LogP contribution in [0.25, 0.3) is 0 Å². The molecule has 1 amide bonds. The number of aliphatic carboxylic acids is 3. The summed E-state index contributed by atoms with van der Waals surface area (Å²) in [5.41, 5.74) is 0. The van der Waals surface area contributed by atoms with Gasteiger partial charge in [0.25, 0.3) is 0 Å². The zero-order valence-corrected chi connectivity index (χ0v) is 18.3. The average molecular weight is 464 g/mol. The molecule has 170 valence electrons. The van der Waals surface area contributed by atoms with Crippen molar-refractivity contribution in [2.45, 2.75) is 75.5 Å². The second kappa shape index (κ2) is 14.3. The van der Waals surface area contributed by atoms with Crippen LogP contribution in [-0.4, -0.2) is 62.0 Å². The molecule has 0 aromatic heterocycles. The molecule has 0 spiro atoms. The summed E-state index contributed by atoms with van der Waals surface area (Å²) in [4.78, 5) is 57.6. The lowest BCUT2D eigenvalue weighted by molar-refractivity contribution is -0.145. The number of amides is 1. The maximum Gasteiger partial charge on any atom is 0.306 e. The minimum Gasteiger partial charge on any atom is -0.481 e. The van der Waals surface area contributed by atoms with Crippen LogP contribution in [-0.2, 0) is 24.0 Å². The van der Waals surface area contributed by atoms with Crippen molar-refractivity contribution in [2.24, 2.45) is 5.92 Å². The number of hydrogen-bond acceptors (Lipinski definition) is 7. The molecule has 4 N–H and O–H groups in total. The number of rotatable bonds is 16. The Morgan fingerprint density at radius 3 is 2.17 bits per heavy atom. The molecule has 0 aromatic rings. The second-order valence-electron chi connectivity index (χ2n) is 7.27. The lowest BCUT2D eigenvalue weighted by atomic mass is 9.92. The van der Waals surface area contributed by atoms with Crippen LogP contribution in [0.4, 0.5) is 0 Å². The Labute approximate surface area is 183 Å². The van der Waals surface area contributed by atoms with E-state index in [1.54, 1.807) is 0 Å². The lowest BCUT2D eigenvalue weighted by Crippen LogP contribution is -2.42. The molecule has 1 heterocycles. The Kier molecular flexibility index (Phi) is 12.5. The molecule has 1 aliphatic heterocycles. The van der Waals surface area contributed by atoms with Crippen molar-refractivity contribution in [3.05, 3.63) is 0 Å². The van der Waals surface area contributed by atoms with E-state index in [-0.39, 0.29) is 31.6 Å². The maximum atomic E-state index is 12.5. The Morgan fingerprint density at radius 1 is 0.933 bits per heavy atom. The summed E-state index contributed by atoms with van der Waals surface area (Å²) in [6.45, 7) is 0. The molecular weight excluding hydrogens is 434 g/mol. The molecule has 0 bridgehead atoms. The monoisotopic (exact) mass is 463 g/mol. The van der Waals surface area contributed by atoms with Gasteiger partial charge in [-0.1, -0.05) is 28.0 Å². The average Bonchev–Trinajstić information content (AvgIpc) is 3.18. The van der Waals surface area contributed by atoms with Gasteiger partial charge in [0, 0.05) is 36.7 Å². The molecule has 9 nitrogen and oxygen atoms in total. The SMILES string of the molecule is O=C(O)CC[C@H](CC(=O)[C@H](CCC(=O)O)NC(=O)CCCC[C@@H]1CCSS1)C(=O)O. The zero-order valence-electron chi connectivity index (χ0n) is 16.7. The highest BCUT2D eigenvalue weighted by molar-refractivity contribution is 8.77. The molecule has 0 saturated carbocycles. The number of carboxylic acids is 3. The smallest absolute Gasteiger partial charge is 0.306 e. The number of unbranched alkanes of at least 4 members (excludes halogenated alkanes) is 1. The largest absolute Gasteiger partial charge is 0.481 e. The minimum absolute atomic E-state index is 0.138. The normalized spacial score (nSPS) is 17.8. The summed E-state index contributed by atoms with van der Waals surface area (Å²) in [6, 6.07) is -1.10. The molecule has 1 rings (SSSR count). The highest BCUT2D eigenvalue weighted by atomic mass is 33.1. The molecule has 0 aliphatic carbocycles. The number of carboxylic acid groups (broad SMARTS) is 3. The Morgan fingerprint density at radius 2 is 1.60 bits per heavy atom. The third-order valence-corrected chi connectivity index (χ3v) is 7.79. The van der Waals surface area contributed by atoms with Gasteiger partial charge in [-0.25, -0.2) is 0 Å². The van der Waals surface area contributed by atoms with Gasteiger partial charge in [-0.2, -0.15) is 0 Å². The van der Waals surface area contributed by atoms with Gasteiger partial charge in [-0.15, -0.1) is 0 Å². The van der Waals surface area contributed by atoms with E-state index in [1.807, 2.05) is 21.6 Å². The molecule has 1 saturated heterocycles. The van der Waals surface area contributed by atoms with Crippen LogP contribution in [0.2, 0.25) is 0 Å². The number of carbonyl (C=O) groups is 5. The van der Waals surface area contributed by atoms with Crippen molar-refractivity contribution < 1.29 is 39.3 Å². The fourth-order valence-corrected chi connectivity index (χ4v) is 6.09. The van der Waals surface area contributed by atoms with Gasteiger partial charge in [0.2, 0.25) is 5.91 Å². The molecule has 11 heteroatoms. The number of hydrogen-bond donors (Lipinski definition) is 4. The topological polar surface area (TPSA) is 158 Å². The number of Topliss-reactive ketones (excluding diaryl/α,β-unsaturated/α-hetero) is 1. The van der Waals surface area contributed by atoms with Crippen LogP contribution in [0.3, 0.4) is 0 Å². The fraction of sp³-hybridized carbons (Fsp3) is 0.737. The summed E-state index contributed by atoms with van der Waals surface area (Å²) in [7, 11) is 3.73. The van der Waals surface area contributed by atoms with E-state index in [4.69, 9.17) is 10.2 Å². The van der Waals surface area contributed by atoms with Crippen molar-refractivity contribution in [3.63, 3.8) is 0 Å². The fourth-order valence-electron chi connectivity index (χ4n) is 3.07. The molecule has 0 unspecified atom stereocenters. The summed E-state index contributed by atoms with van der Waals surface area (Å²) in [5, 5.41) is 30.0. The molecule has 1 fully saturated rings. The van der Waals surface area contributed by atoms with Crippen molar-refractivity contribution in [1.29, 1.82) is 0 Å². The van der Waals surface area contributed by atoms with Crippen molar-refractivity contribution in [1.82, 2.24) is 5.32 Å². The summed E-state index contributed by atoms with van der Waals surface area (Å²) >= 11 is 0. The summed E-state index contributed by atoms with van der Waals surface area (Å²) in [5.74, 6) is -4.61. The number of ketones is 1. The Balaban J connectivity index is 2.54. The molecule has 3 atom stereocenters. The molecule has 1 aliphatic rings. The number of nitrogens with one attached hydrogen (secondary N) is 1. The molecular formula is C19H29NO8S2. The Bertz CT molecular complexity index is 622. The van der Waals surface area contributed by atoms with Gasteiger partial charge in [-0.3, -0.25) is 24.0 Å². The van der Waals surface area contributed by atoms with Gasteiger partial charge in [0.15, 0.2) is 5.78 Å². The predicted octanol–water partition coefficient (Wildman–Crippen LogP) is 2.57. The van der Waals surface area contributed by atoms with Crippen molar-refractivity contribution in [2.75, 3.05) is 5.75 Å². The Hall–Kier alpha value is -1.75. The van der Waals surface area contributed by atoms with Crippen LogP contribution >= 0.6 is 21.6 Å². The first-order valence-corrected chi connectivity index (χ1v) is 12.3. The van der Waals surface area contributed by atoms with Crippen LogP contribution in [0.1, 0.15) is 64.2 Å². The maximum absolute atomic E-state index is 12.5. The number of carbonyl (C=O) groups excluding carboxylic acids is 2. The van der Waals surface area contributed by atoms with Crippen molar-refractivity contribution in [3.8, 4) is 0 Å². The summed E-state index contributed by atoms with van der Waals surface area (Å²) in [6.07, 6.45) is 2.39. The quantitative estimate of drug-likeness (QED) is 0.198. The first kappa shape index (κ1) is 26.3. The standard InChI is InChI=1S/C19H29NO8S2/c21-15(11-12(19(27)28)5-7-17(23)24)14(6-8-18(25)26)20-16(22)4-2-1-3-13-9-10-29-30-13/h12-14H,1-11H2,(H,20,22)(H,23,24)(H,25,26)(H,27,28)/t12-,13-,14+/m1/s1. The zero-order chi connectivity index (χ0) is 22.5. The van der Waals surface area contributed by atoms with Crippen LogP contribution in [0.15, 0.2) is 0 Å². The highest BCUT2D eigenvalue weighted by Gasteiger charge is 2.28. The van der Waals surface area contributed by atoms with Gasteiger partial charge >= 0.3 is 17.9 Å².